The van der Waals surface area contributed by atoms with Crippen LogP contribution >= 0.6 is 11.8 Å². The zero-order chi connectivity index (χ0) is 41.5. The van der Waals surface area contributed by atoms with E-state index in [0.29, 0.717) is 23.0 Å². The molecule has 2 amide bonds. The van der Waals surface area contributed by atoms with E-state index in [1.807, 2.05) is 121 Å². The van der Waals surface area contributed by atoms with Gasteiger partial charge in [0.2, 0.25) is 15.9 Å². The predicted molar refractivity (Wildman–Crippen MR) is 231 cm³/mol. The standard InChI is InChI=1S/C47H47N3O7S2/c1-55-41-25-23-36(24-26-41)33-48-45(51)34-50(59(53,54)43-29-27-42(56-2)28-30-43)44(31-32-58-35-37-15-7-3-8-16-37)46(52)49-57-47(38-17-9-4-10-18-38,39-19-11-5-12-20-39)40-21-13-6-14-22-40/h3-30,44H,31-35H2,1-2H3,(H,48,51)(H,49,52). The summed E-state index contributed by atoms with van der Waals surface area (Å²) in [5.74, 6) is 0.799. The first-order chi connectivity index (χ1) is 28.7. The van der Waals surface area contributed by atoms with Crippen molar-refractivity contribution in [1.82, 2.24) is 15.1 Å². The lowest BCUT2D eigenvalue weighted by Gasteiger charge is -2.36. The Morgan fingerprint density at radius 1 is 0.644 bits per heavy atom. The van der Waals surface area contributed by atoms with Crippen LogP contribution in [0.1, 0.15) is 34.2 Å². The summed E-state index contributed by atoms with van der Waals surface area (Å²) in [6.45, 7) is -0.521. The number of benzene rings is 6. The van der Waals surface area contributed by atoms with E-state index in [1.165, 1.54) is 31.4 Å². The Hall–Kier alpha value is -5.92. The highest BCUT2D eigenvalue weighted by molar-refractivity contribution is 7.98. The van der Waals surface area contributed by atoms with Crippen LogP contribution in [0.15, 0.2) is 175 Å². The van der Waals surface area contributed by atoms with Gasteiger partial charge in [0.05, 0.1) is 25.7 Å². The first-order valence-electron chi connectivity index (χ1n) is 19.1. The number of hydrogen-bond donors (Lipinski definition) is 2. The van der Waals surface area contributed by atoms with E-state index in [-0.39, 0.29) is 17.9 Å². The fraction of sp³-hybridized carbons (Fsp3) is 0.191. The summed E-state index contributed by atoms with van der Waals surface area (Å²) in [6, 6.07) is 50.0. The molecule has 304 valence electrons. The van der Waals surface area contributed by atoms with Gasteiger partial charge in [0.1, 0.15) is 17.5 Å². The molecule has 1 atom stereocenters. The molecule has 12 heteroatoms. The van der Waals surface area contributed by atoms with E-state index in [0.717, 1.165) is 32.1 Å². The van der Waals surface area contributed by atoms with Crippen molar-refractivity contribution < 1.29 is 32.3 Å². The monoisotopic (exact) mass is 829 g/mol. The molecule has 0 fully saturated rings. The minimum atomic E-state index is -4.48. The van der Waals surface area contributed by atoms with E-state index in [9.17, 15) is 18.0 Å². The van der Waals surface area contributed by atoms with Gasteiger partial charge in [-0.15, -0.1) is 0 Å². The molecule has 2 N–H and O–H groups in total. The number of nitrogens with zero attached hydrogens (tertiary/aromatic N) is 1. The molecule has 0 spiro atoms. The number of sulfonamides is 1. The summed E-state index contributed by atoms with van der Waals surface area (Å²) >= 11 is 1.55. The van der Waals surface area contributed by atoms with Crippen molar-refractivity contribution in [3.05, 3.63) is 198 Å². The molecular weight excluding hydrogens is 783 g/mol. The molecule has 59 heavy (non-hydrogen) atoms. The smallest absolute Gasteiger partial charge is 0.262 e. The van der Waals surface area contributed by atoms with E-state index in [1.54, 1.807) is 43.1 Å². The second kappa shape index (κ2) is 20.7. The summed E-state index contributed by atoms with van der Waals surface area (Å²) in [4.78, 5) is 35.3. The number of amides is 2. The summed E-state index contributed by atoms with van der Waals surface area (Å²) in [5, 5.41) is 2.84. The summed E-state index contributed by atoms with van der Waals surface area (Å²) < 4.78 is 41.0. The molecule has 0 aliphatic heterocycles. The second-order valence-corrected chi connectivity index (χ2v) is 16.5. The van der Waals surface area contributed by atoms with Crippen molar-refractivity contribution in [2.75, 3.05) is 26.5 Å². The number of nitrogens with one attached hydrogen (secondary N) is 2. The number of methoxy groups -OCH3 is 2. The fourth-order valence-electron chi connectivity index (χ4n) is 6.64. The molecular formula is C47H47N3O7S2. The van der Waals surface area contributed by atoms with Gasteiger partial charge in [0.25, 0.3) is 5.91 Å². The van der Waals surface area contributed by atoms with E-state index >= 15 is 0 Å². The molecule has 0 radical (unpaired) electrons. The van der Waals surface area contributed by atoms with Crippen LogP contribution in [0.3, 0.4) is 0 Å². The maximum atomic E-state index is 14.9. The zero-order valence-electron chi connectivity index (χ0n) is 32.9. The molecule has 6 rings (SSSR count). The normalized spacial score (nSPS) is 12.1. The van der Waals surface area contributed by atoms with Gasteiger partial charge in [-0.2, -0.15) is 16.1 Å². The van der Waals surface area contributed by atoms with Crippen molar-refractivity contribution in [3.8, 4) is 11.5 Å². The number of carbonyl (C=O) groups excluding carboxylic acids is 2. The van der Waals surface area contributed by atoms with Crippen LogP contribution in [0.5, 0.6) is 11.5 Å². The minimum Gasteiger partial charge on any atom is -0.497 e. The molecule has 0 bridgehead atoms. The predicted octanol–water partition coefficient (Wildman–Crippen LogP) is 7.74. The summed E-state index contributed by atoms with van der Waals surface area (Å²) in [6.07, 6.45) is 0.0584. The van der Waals surface area contributed by atoms with Gasteiger partial charge in [-0.05, 0) is 76.4 Å². The van der Waals surface area contributed by atoms with Gasteiger partial charge in [0.15, 0.2) is 5.60 Å². The van der Waals surface area contributed by atoms with E-state index < -0.39 is 40.0 Å². The van der Waals surface area contributed by atoms with Gasteiger partial charge in [-0.25, -0.2) is 13.9 Å². The molecule has 6 aromatic carbocycles. The first kappa shape index (κ1) is 42.7. The lowest BCUT2D eigenvalue weighted by Crippen LogP contribution is -2.54. The Kier molecular flexibility index (Phi) is 15.0. The van der Waals surface area contributed by atoms with Gasteiger partial charge < -0.3 is 14.8 Å². The zero-order valence-corrected chi connectivity index (χ0v) is 34.5. The van der Waals surface area contributed by atoms with Crippen LogP contribution in [-0.4, -0.2) is 57.1 Å². The van der Waals surface area contributed by atoms with Crippen LogP contribution in [-0.2, 0) is 42.3 Å². The fourth-order valence-corrected chi connectivity index (χ4v) is 9.18. The third-order valence-electron chi connectivity index (χ3n) is 9.76. The van der Waals surface area contributed by atoms with Crippen LogP contribution in [0.2, 0.25) is 0 Å². The number of carbonyl (C=O) groups is 2. The Balaban J connectivity index is 1.37. The molecule has 0 aliphatic rings. The second-order valence-electron chi connectivity index (χ2n) is 13.5. The van der Waals surface area contributed by atoms with E-state index in [2.05, 4.69) is 10.8 Å². The number of ether oxygens (including phenoxy) is 2. The Labute approximate surface area is 350 Å². The van der Waals surface area contributed by atoms with Crippen molar-refractivity contribution in [2.45, 2.75) is 35.3 Å². The molecule has 0 saturated heterocycles. The van der Waals surface area contributed by atoms with Crippen molar-refractivity contribution in [2.24, 2.45) is 0 Å². The van der Waals surface area contributed by atoms with Crippen LogP contribution < -0.4 is 20.3 Å². The maximum Gasteiger partial charge on any atom is 0.262 e. The molecule has 1 unspecified atom stereocenters. The number of rotatable bonds is 20. The molecule has 10 nitrogen and oxygen atoms in total. The Bertz CT molecular complexity index is 2240. The summed E-state index contributed by atoms with van der Waals surface area (Å²) in [5.41, 5.74) is 5.43. The lowest BCUT2D eigenvalue weighted by atomic mass is 9.80. The molecule has 0 saturated carbocycles. The number of hydroxylamine groups is 1. The molecule has 0 aliphatic carbocycles. The maximum absolute atomic E-state index is 14.9. The topological polar surface area (TPSA) is 123 Å². The van der Waals surface area contributed by atoms with Crippen molar-refractivity contribution in [1.29, 1.82) is 0 Å². The molecule has 0 heterocycles. The van der Waals surface area contributed by atoms with Crippen LogP contribution in [0.4, 0.5) is 0 Å². The third kappa shape index (κ3) is 10.8. The largest absolute Gasteiger partial charge is 0.497 e. The third-order valence-corrected chi connectivity index (χ3v) is 12.7. The highest BCUT2D eigenvalue weighted by Crippen LogP contribution is 2.40. The Morgan fingerprint density at radius 2 is 1.12 bits per heavy atom. The van der Waals surface area contributed by atoms with Gasteiger partial charge in [-0.1, -0.05) is 133 Å². The highest BCUT2D eigenvalue weighted by Gasteiger charge is 2.42. The average Bonchev–Trinajstić information content (AvgIpc) is 3.29. The number of thioether (sulfide) groups is 1. The lowest BCUT2D eigenvalue weighted by molar-refractivity contribution is -0.147. The van der Waals surface area contributed by atoms with Gasteiger partial charge in [-0.3, -0.25) is 14.4 Å². The SMILES string of the molecule is COc1ccc(CNC(=O)CN(C(CCSCc2ccccc2)C(=O)NOC(c2ccccc2)(c2ccccc2)c2ccccc2)S(=O)(=O)c2ccc(OC)cc2)cc1. The summed E-state index contributed by atoms with van der Waals surface area (Å²) in [7, 11) is -1.43. The van der Waals surface area contributed by atoms with Gasteiger partial charge >= 0.3 is 0 Å². The highest BCUT2D eigenvalue weighted by atomic mass is 32.2. The average molecular weight is 830 g/mol. The van der Waals surface area contributed by atoms with Crippen molar-refractivity contribution >= 4 is 33.6 Å². The number of hydrogen-bond acceptors (Lipinski definition) is 8. The Morgan fingerprint density at radius 3 is 1.61 bits per heavy atom. The molecule has 6 aromatic rings. The quantitative estimate of drug-likeness (QED) is 0.0456. The van der Waals surface area contributed by atoms with Crippen LogP contribution in [0, 0.1) is 0 Å². The first-order valence-corrected chi connectivity index (χ1v) is 21.7. The van der Waals surface area contributed by atoms with Gasteiger partial charge in [0, 0.05) is 12.3 Å². The molecule has 0 aromatic heterocycles. The van der Waals surface area contributed by atoms with Crippen molar-refractivity contribution in [3.63, 3.8) is 0 Å². The van der Waals surface area contributed by atoms with Crippen LogP contribution in [0.25, 0.3) is 0 Å². The minimum absolute atomic E-state index is 0.0584. The van der Waals surface area contributed by atoms with E-state index in [4.69, 9.17) is 14.3 Å².